The fourth-order valence-corrected chi connectivity index (χ4v) is 0.657. The molecule has 0 aliphatic carbocycles. The van der Waals surface area contributed by atoms with Crippen LogP contribution in [0.4, 0.5) is 0 Å². The Kier molecular flexibility index (Phi) is 1.73. The van der Waals surface area contributed by atoms with Gasteiger partial charge in [-0.3, -0.25) is 0 Å². The number of rotatable bonds is 1. The second-order valence-electron chi connectivity index (χ2n) is 1.80. The fraction of sp³-hybridized carbons (Fsp3) is 0.429. The molecule has 0 N–H and O–H groups in total. The molecule has 0 aromatic heterocycles. The highest BCUT2D eigenvalue weighted by Crippen LogP contribution is 2.04. The molecule has 0 saturated heterocycles. The first-order valence-electron chi connectivity index (χ1n) is 2.92. The van der Waals surface area contributed by atoms with Crippen molar-refractivity contribution in [2.45, 2.75) is 19.4 Å². The number of ether oxygens (including phenoxy) is 1. The first-order valence-corrected chi connectivity index (χ1v) is 2.92. The van der Waals surface area contributed by atoms with Gasteiger partial charge in [-0.05, 0) is 18.6 Å². The molecule has 1 rings (SSSR count). The van der Waals surface area contributed by atoms with Gasteiger partial charge in [0, 0.05) is 0 Å². The maximum absolute atomic E-state index is 5.16. The monoisotopic (exact) mass is 110 g/mol. The number of allylic oxidation sites excluding steroid dienone is 2. The average molecular weight is 110 g/mol. The van der Waals surface area contributed by atoms with E-state index in [-0.39, 0.29) is 0 Å². The van der Waals surface area contributed by atoms with Gasteiger partial charge >= 0.3 is 0 Å². The van der Waals surface area contributed by atoms with E-state index in [1.54, 1.807) is 6.26 Å². The van der Waals surface area contributed by atoms with Crippen LogP contribution >= 0.6 is 0 Å². The quantitative estimate of drug-likeness (QED) is 0.500. The topological polar surface area (TPSA) is 9.23 Å². The molecular formula is C7H10O. The summed E-state index contributed by atoms with van der Waals surface area (Å²) in [6, 6.07) is 0. The fourth-order valence-electron chi connectivity index (χ4n) is 0.657. The molecule has 1 aliphatic rings. The van der Waals surface area contributed by atoms with Crippen LogP contribution in [-0.2, 0) is 4.74 Å². The van der Waals surface area contributed by atoms with Gasteiger partial charge in [-0.15, -0.1) is 0 Å². The molecule has 0 bridgehead atoms. The summed E-state index contributed by atoms with van der Waals surface area (Å²) in [6.45, 7) is 2.11. The maximum Gasteiger partial charge on any atom is 0.116 e. The Hall–Kier alpha value is -0.720. The lowest BCUT2D eigenvalue weighted by Gasteiger charge is -2.11. The summed E-state index contributed by atoms with van der Waals surface area (Å²) in [5.41, 5.74) is 0. The molecule has 0 amide bonds. The van der Waals surface area contributed by atoms with E-state index in [0.29, 0.717) is 6.10 Å². The smallest absolute Gasteiger partial charge is 0.116 e. The summed E-state index contributed by atoms with van der Waals surface area (Å²) >= 11 is 0. The van der Waals surface area contributed by atoms with Crippen molar-refractivity contribution < 1.29 is 4.74 Å². The minimum atomic E-state index is 0.319. The molecule has 0 aromatic rings. The lowest BCUT2D eigenvalue weighted by molar-refractivity contribution is 0.179. The Balaban J connectivity index is 2.40. The van der Waals surface area contributed by atoms with Crippen LogP contribution in [-0.4, -0.2) is 6.10 Å². The van der Waals surface area contributed by atoms with Crippen molar-refractivity contribution in [2.75, 3.05) is 0 Å². The third-order valence-electron chi connectivity index (χ3n) is 1.17. The van der Waals surface area contributed by atoms with E-state index in [9.17, 15) is 0 Å². The van der Waals surface area contributed by atoms with E-state index in [2.05, 4.69) is 13.0 Å². The molecule has 1 heteroatoms. The molecule has 8 heavy (non-hydrogen) atoms. The van der Waals surface area contributed by atoms with Crippen LogP contribution in [0.25, 0.3) is 0 Å². The molecule has 1 atom stereocenters. The van der Waals surface area contributed by atoms with E-state index in [1.165, 1.54) is 0 Å². The summed E-state index contributed by atoms with van der Waals surface area (Å²) < 4.78 is 5.16. The Morgan fingerprint density at radius 2 is 2.38 bits per heavy atom. The van der Waals surface area contributed by atoms with Gasteiger partial charge in [-0.25, -0.2) is 0 Å². The van der Waals surface area contributed by atoms with Gasteiger partial charge in [0.2, 0.25) is 0 Å². The second kappa shape index (κ2) is 2.55. The maximum atomic E-state index is 5.16. The molecule has 1 unspecified atom stereocenters. The molecular weight excluding hydrogens is 100 g/mol. The molecule has 1 aliphatic heterocycles. The van der Waals surface area contributed by atoms with Crippen LogP contribution in [0.5, 0.6) is 0 Å². The Bertz CT molecular complexity index is 114. The first-order chi connectivity index (χ1) is 3.93. The van der Waals surface area contributed by atoms with Gasteiger partial charge in [0.15, 0.2) is 0 Å². The van der Waals surface area contributed by atoms with Crippen molar-refractivity contribution in [3.8, 4) is 0 Å². The van der Waals surface area contributed by atoms with E-state index in [0.717, 1.165) is 6.42 Å². The lowest BCUT2D eigenvalue weighted by atomic mass is 10.2. The zero-order valence-corrected chi connectivity index (χ0v) is 5.00. The van der Waals surface area contributed by atoms with Crippen LogP contribution in [0.1, 0.15) is 13.3 Å². The minimum absolute atomic E-state index is 0.319. The minimum Gasteiger partial charge on any atom is -0.494 e. The molecule has 0 spiro atoms. The van der Waals surface area contributed by atoms with Crippen LogP contribution < -0.4 is 0 Å². The number of hydrogen-bond donors (Lipinski definition) is 0. The van der Waals surface area contributed by atoms with Crippen molar-refractivity contribution in [3.05, 3.63) is 24.5 Å². The molecule has 0 aromatic carbocycles. The highest BCUT2D eigenvalue weighted by molar-refractivity contribution is 5.06. The number of hydrogen-bond acceptors (Lipinski definition) is 1. The summed E-state index contributed by atoms with van der Waals surface area (Å²) in [4.78, 5) is 0. The highest BCUT2D eigenvalue weighted by atomic mass is 16.5. The van der Waals surface area contributed by atoms with Gasteiger partial charge in [0.25, 0.3) is 0 Å². The Morgan fingerprint density at radius 3 is 2.75 bits per heavy atom. The van der Waals surface area contributed by atoms with Gasteiger partial charge < -0.3 is 4.74 Å². The average Bonchev–Trinajstić information content (AvgIpc) is 1.90. The lowest BCUT2D eigenvalue weighted by Crippen LogP contribution is -2.04. The largest absolute Gasteiger partial charge is 0.494 e. The Labute approximate surface area is 49.7 Å². The predicted molar refractivity (Wildman–Crippen MR) is 33.4 cm³/mol. The van der Waals surface area contributed by atoms with E-state index >= 15 is 0 Å². The molecule has 44 valence electrons. The van der Waals surface area contributed by atoms with Crippen LogP contribution in [0.15, 0.2) is 24.5 Å². The summed E-state index contributed by atoms with van der Waals surface area (Å²) in [6.07, 6.45) is 9.07. The summed E-state index contributed by atoms with van der Waals surface area (Å²) in [7, 11) is 0. The standard InChI is InChI=1S/C7H10O/c1-2-7-5-3-4-6-8-7/h3-7H,2H2,1H3. The van der Waals surface area contributed by atoms with Crippen LogP contribution in [0.3, 0.4) is 0 Å². The molecule has 1 heterocycles. The third kappa shape index (κ3) is 1.12. The van der Waals surface area contributed by atoms with Crippen molar-refractivity contribution >= 4 is 0 Å². The normalized spacial score (nSPS) is 25.4. The zero-order chi connectivity index (χ0) is 5.82. The van der Waals surface area contributed by atoms with Gasteiger partial charge in [0.05, 0.1) is 6.26 Å². The van der Waals surface area contributed by atoms with Crippen LogP contribution in [0.2, 0.25) is 0 Å². The molecule has 0 radical (unpaired) electrons. The van der Waals surface area contributed by atoms with Gasteiger partial charge in [-0.1, -0.05) is 13.0 Å². The second-order valence-corrected chi connectivity index (χ2v) is 1.80. The van der Waals surface area contributed by atoms with E-state index < -0.39 is 0 Å². The summed E-state index contributed by atoms with van der Waals surface area (Å²) in [5, 5.41) is 0. The Morgan fingerprint density at radius 1 is 1.50 bits per heavy atom. The van der Waals surface area contributed by atoms with Crippen molar-refractivity contribution in [2.24, 2.45) is 0 Å². The SMILES string of the molecule is CCC1C=CC=CO1. The van der Waals surface area contributed by atoms with Gasteiger partial charge in [0.1, 0.15) is 6.10 Å². The molecule has 0 saturated carbocycles. The zero-order valence-electron chi connectivity index (χ0n) is 5.00. The van der Waals surface area contributed by atoms with E-state index in [4.69, 9.17) is 4.74 Å². The first kappa shape index (κ1) is 5.42. The van der Waals surface area contributed by atoms with E-state index in [1.807, 2.05) is 12.2 Å². The third-order valence-corrected chi connectivity index (χ3v) is 1.17. The van der Waals surface area contributed by atoms with Crippen molar-refractivity contribution in [1.82, 2.24) is 0 Å². The molecule has 1 nitrogen and oxygen atoms in total. The van der Waals surface area contributed by atoms with Crippen molar-refractivity contribution in [1.29, 1.82) is 0 Å². The highest BCUT2D eigenvalue weighted by Gasteiger charge is 1.99. The van der Waals surface area contributed by atoms with Crippen molar-refractivity contribution in [3.63, 3.8) is 0 Å². The van der Waals surface area contributed by atoms with Crippen LogP contribution in [0, 0.1) is 0 Å². The molecule has 0 fully saturated rings. The predicted octanol–water partition coefficient (Wildman–Crippen LogP) is 1.87. The summed E-state index contributed by atoms with van der Waals surface area (Å²) in [5.74, 6) is 0. The van der Waals surface area contributed by atoms with Gasteiger partial charge in [-0.2, -0.15) is 0 Å².